The molecule has 2 aromatic rings. The smallest absolute Gasteiger partial charge is 0.0593 e. The second kappa shape index (κ2) is 4.79. The van der Waals surface area contributed by atoms with Crippen molar-refractivity contribution in [2.24, 2.45) is 5.41 Å². The van der Waals surface area contributed by atoms with Gasteiger partial charge in [0.2, 0.25) is 0 Å². The van der Waals surface area contributed by atoms with Gasteiger partial charge in [0.1, 0.15) is 0 Å². The molecule has 19 heavy (non-hydrogen) atoms. The number of rotatable bonds is 0. The van der Waals surface area contributed by atoms with Crippen LogP contribution in [0.25, 0.3) is 10.8 Å². The van der Waals surface area contributed by atoms with Crippen LogP contribution in [-0.2, 0) is 6.42 Å². The molecular weight excluding hydrogens is 320 g/mol. The number of halogens is 2. The summed E-state index contributed by atoms with van der Waals surface area (Å²) < 4.78 is 1.16. The van der Waals surface area contributed by atoms with E-state index in [1.165, 1.54) is 28.3 Å². The van der Waals surface area contributed by atoms with Crippen molar-refractivity contribution in [2.75, 3.05) is 0 Å². The third-order valence-electron chi connectivity index (χ3n) is 4.26. The highest BCUT2D eigenvalue weighted by atomic mass is 79.9. The minimum absolute atomic E-state index is 0.119. The molecule has 100 valence electrons. The van der Waals surface area contributed by atoms with Crippen molar-refractivity contribution in [1.82, 2.24) is 0 Å². The Kier molecular flexibility index (Phi) is 3.39. The molecule has 1 aliphatic carbocycles. The molecule has 0 heterocycles. The second-order valence-electron chi connectivity index (χ2n) is 6.31. The molecule has 0 saturated heterocycles. The van der Waals surface area contributed by atoms with Gasteiger partial charge in [-0.1, -0.05) is 54.0 Å². The summed E-state index contributed by atoms with van der Waals surface area (Å²) in [6.07, 6.45) is 3.38. The van der Waals surface area contributed by atoms with Crippen molar-refractivity contribution >= 4 is 38.3 Å². The van der Waals surface area contributed by atoms with E-state index in [0.717, 1.165) is 17.3 Å². The Hall–Kier alpha value is -0.530. The average Bonchev–Trinajstić information content (AvgIpc) is 2.47. The number of aryl methyl sites for hydroxylation is 1. The Labute approximate surface area is 128 Å². The van der Waals surface area contributed by atoms with Crippen molar-refractivity contribution < 1.29 is 0 Å². The van der Waals surface area contributed by atoms with Gasteiger partial charge in [0.25, 0.3) is 0 Å². The lowest BCUT2D eigenvalue weighted by molar-refractivity contribution is 0.313. The van der Waals surface area contributed by atoms with Crippen LogP contribution in [0.1, 0.15) is 43.2 Å². The number of fused-ring (bicyclic) bond motifs is 3. The fraction of sp³-hybridized carbons (Fsp3) is 0.412. The zero-order valence-corrected chi connectivity index (χ0v) is 13.7. The standard InChI is InChI=1S/C17H18BrCl/c1-17(2)8-7-12-11-5-3-4-6-13(11)15(18)9-14(12)16(19)10-17/h3-6,9,16H,7-8,10H2,1-2H3. The first-order valence-electron chi connectivity index (χ1n) is 6.82. The van der Waals surface area contributed by atoms with Gasteiger partial charge in [0, 0.05) is 4.47 Å². The third-order valence-corrected chi connectivity index (χ3v) is 5.31. The minimum Gasteiger partial charge on any atom is -0.118 e. The number of hydrogen-bond acceptors (Lipinski definition) is 0. The van der Waals surface area contributed by atoms with Crippen LogP contribution in [0.2, 0.25) is 0 Å². The average molecular weight is 338 g/mol. The summed E-state index contributed by atoms with van der Waals surface area (Å²) in [5, 5.41) is 2.77. The molecule has 0 N–H and O–H groups in total. The van der Waals surface area contributed by atoms with Gasteiger partial charge in [-0.05, 0) is 52.6 Å². The summed E-state index contributed by atoms with van der Waals surface area (Å²) in [4.78, 5) is 0. The quantitative estimate of drug-likeness (QED) is 0.394. The minimum atomic E-state index is 0.119. The Morgan fingerprint density at radius 2 is 1.89 bits per heavy atom. The molecular formula is C17H18BrCl. The topological polar surface area (TPSA) is 0 Å². The first-order valence-corrected chi connectivity index (χ1v) is 8.05. The van der Waals surface area contributed by atoms with E-state index in [1.807, 2.05) is 0 Å². The predicted molar refractivity (Wildman–Crippen MR) is 87.0 cm³/mol. The lowest BCUT2D eigenvalue weighted by Gasteiger charge is -2.23. The van der Waals surface area contributed by atoms with E-state index < -0.39 is 0 Å². The van der Waals surface area contributed by atoms with E-state index in [-0.39, 0.29) is 5.38 Å². The number of benzene rings is 2. The Morgan fingerprint density at radius 3 is 2.63 bits per heavy atom. The number of hydrogen-bond donors (Lipinski definition) is 0. The summed E-state index contributed by atoms with van der Waals surface area (Å²) in [5.41, 5.74) is 3.08. The maximum Gasteiger partial charge on any atom is 0.0593 e. The molecule has 0 amide bonds. The summed E-state index contributed by atoms with van der Waals surface area (Å²) in [6.45, 7) is 4.65. The van der Waals surface area contributed by atoms with Crippen molar-refractivity contribution in [3.63, 3.8) is 0 Å². The molecule has 3 rings (SSSR count). The normalized spacial score (nSPS) is 22.0. The Balaban J connectivity index is 2.26. The van der Waals surface area contributed by atoms with E-state index in [9.17, 15) is 0 Å². The number of alkyl halides is 1. The third kappa shape index (κ3) is 2.43. The summed E-state index contributed by atoms with van der Waals surface area (Å²) in [6, 6.07) is 10.9. The van der Waals surface area contributed by atoms with Crippen LogP contribution in [0.15, 0.2) is 34.8 Å². The van der Waals surface area contributed by atoms with Crippen LogP contribution in [0.4, 0.5) is 0 Å². The van der Waals surface area contributed by atoms with E-state index in [4.69, 9.17) is 11.6 Å². The molecule has 0 fully saturated rings. The molecule has 0 aliphatic heterocycles. The van der Waals surface area contributed by atoms with Gasteiger partial charge in [-0.15, -0.1) is 11.6 Å². The van der Waals surface area contributed by atoms with Crippen LogP contribution in [0.3, 0.4) is 0 Å². The maximum atomic E-state index is 6.69. The van der Waals surface area contributed by atoms with Crippen LogP contribution >= 0.6 is 27.5 Å². The van der Waals surface area contributed by atoms with Gasteiger partial charge in [0.05, 0.1) is 5.38 Å². The monoisotopic (exact) mass is 336 g/mol. The van der Waals surface area contributed by atoms with E-state index in [2.05, 4.69) is 60.1 Å². The largest absolute Gasteiger partial charge is 0.118 e. The molecule has 0 saturated carbocycles. The molecule has 1 atom stereocenters. The van der Waals surface area contributed by atoms with Crippen molar-refractivity contribution in [3.8, 4) is 0 Å². The van der Waals surface area contributed by atoms with Crippen LogP contribution in [-0.4, -0.2) is 0 Å². The van der Waals surface area contributed by atoms with E-state index >= 15 is 0 Å². The Morgan fingerprint density at radius 1 is 1.21 bits per heavy atom. The molecule has 0 radical (unpaired) electrons. The van der Waals surface area contributed by atoms with Crippen molar-refractivity contribution in [1.29, 1.82) is 0 Å². The molecule has 2 aromatic carbocycles. The van der Waals surface area contributed by atoms with Crippen molar-refractivity contribution in [2.45, 2.75) is 38.5 Å². The SMILES string of the molecule is CC1(C)CCc2c(cc(Br)c3ccccc23)C(Cl)C1. The molecule has 0 aromatic heterocycles. The molecule has 2 heteroatoms. The van der Waals surface area contributed by atoms with Gasteiger partial charge in [-0.2, -0.15) is 0 Å². The summed E-state index contributed by atoms with van der Waals surface area (Å²) in [7, 11) is 0. The fourth-order valence-corrected chi connectivity index (χ4v) is 4.34. The molecule has 0 nitrogen and oxygen atoms in total. The zero-order valence-electron chi connectivity index (χ0n) is 11.3. The summed E-state index contributed by atoms with van der Waals surface area (Å²) >= 11 is 10.4. The van der Waals surface area contributed by atoms with Crippen molar-refractivity contribution in [3.05, 3.63) is 45.9 Å². The second-order valence-corrected chi connectivity index (χ2v) is 7.69. The fourth-order valence-electron chi connectivity index (χ4n) is 3.13. The first-order chi connectivity index (χ1) is 8.98. The van der Waals surface area contributed by atoms with Crippen LogP contribution in [0, 0.1) is 5.41 Å². The van der Waals surface area contributed by atoms with E-state index in [1.54, 1.807) is 0 Å². The highest BCUT2D eigenvalue weighted by Gasteiger charge is 2.29. The van der Waals surface area contributed by atoms with Crippen LogP contribution < -0.4 is 0 Å². The van der Waals surface area contributed by atoms with Gasteiger partial charge < -0.3 is 0 Å². The molecule has 0 spiro atoms. The van der Waals surface area contributed by atoms with Gasteiger partial charge >= 0.3 is 0 Å². The predicted octanol–water partition coefficient (Wildman–Crippen LogP) is 6.24. The van der Waals surface area contributed by atoms with Gasteiger partial charge in [0.15, 0.2) is 0 Å². The highest BCUT2D eigenvalue weighted by molar-refractivity contribution is 9.10. The van der Waals surface area contributed by atoms with E-state index in [0.29, 0.717) is 5.41 Å². The lowest BCUT2D eigenvalue weighted by Crippen LogP contribution is -2.11. The molecule has 0 bridgehead atoms. The van der Waals surface area contributed by atoms with Gasteiger partial charge in [-0.25, -0.2) is 0 Å². The molecule has 1 unspecified atom stereocenters. The summed E-state index contributed by atoms with van der Waals surface area (Å²) in [5.74, 6) is 0. The molecule has 1 aliphatic rings. The lowest BCUT2D eigenvalue weighted by atomic mass is 9.84. The zero-order chi connectivity index (χ0) is 13.6. The van der Waals surface area contributed by atoms with Crippen LogP contribution in [0.5, 0.6) is 0 Å². The Bertz CT molecular complexity index is 630. The highest BCUT2D eigenvalue weighted by Crippen LogP contribution is 2.45. The van der Waals surface area contributed by atoms with Gasteiger partial charge in [-0.3, -0.25) is 0 Å². The first kappa shape index (κ1) is 13.5. The maximum absolute atomic E-state index is 6.69.